The third kappa shape index (κ3) is 8.64. The molecule has 7 nitrogen and oxygen atoms in total. The molecule has 9 heteroatoms. The molecule has 0 saturated carbocycles. The molecule has 0 aliphatic carbocycles. The molecule has 39 heavy (non-hydrogen) atoms. The SMILES string of the molecule is Cc1ccccc1CN(C(=O)CN(c1ccc(F)cc1)S(C)(=O)=O)[C@H](Cc1ccccc1)C(=O)NC(C)(C)C. The highest BCUT2D eigenvalue weighted by molar-refractivity contribution is 7.92. The predicted octanol–water partition coefficient (Wildman–Crippen LogP) is 4.45. The van der Waals surface area contributed by atoms with Gasteiger partial charge in [-0.3, -0.25) is 13.9 Å². The first-order valence-corrected chi connectivity index (χ1v) is 14.5. The summed E-state index contributed by atoms with van der Waals surface area (Å²) < 4.78 is 40.0. The van der Waals surface area contributed by atoms with Crippen LogP contribution in [0.4, 0.5) is 10.1 Å². The molecule has 0 unspecified atom stereocenters. The second-order valence-electron chi connectivity index (χ2n) is 10.6. The zero-order chi connectivity index (χ0) is 28.8. The van der Waals surface area contributed by atoms with Gasteiger partial charge >= 0.3 is 0 Å². The average molecular weight is 554 g/mol. The molecule has 2 amide bonds. The summed E-state index contributed by atoms with van der Waals surface area (Å²) in [5, 5.41) is 2.99. The van der Waals surface area contributed by atoms with Crippen LogP contribution >= 0.6 is 0 Å². The van der Waals surface area contributed by atoms with Crippen LogP contribution in [0.5, 0.6) is 0 Å². The number of halogens is 1. The van der Waals surface area contributed by atoms with Crippen LogP contribution in [0.2, 0.25) is 0 Å². The minimum atomic E-state index is -3.91. The Hall–Kier alpha value is -3.72. The van der Waals surface area contributed by atoms with E-state index in [0.717, 1.165) is 39.4 Å². The van der Waals surface area contributed by atoms with E-state index in [1.165, 1.54) is 17.0 Å². The predicted molar refractivity (Wildman–Crippen MR) is 152 cm³/mol. The van der Waals surface area contributed by atoms with Gasteiger partial charge in [0.15, 0.2) is 0 Å². The lowest BCUT2D eigenvalue weighted by molar-refractivity contribution is -0.140. The van der Waals surface area contributed by atoms with Crippen LogP contribution in [-0.4, -0.2) is 49.5 Å². The fourth-order valence-electron chi connectivity index (χ4n) is 4.20. The van der Waals surface area contributed by atoms with Gasteiger partial charge in [0.05, 0.1) is 11.9 Å². The maximum absolute atomic E-state index is 14.0. The van der Waals surface area contributed by atoms with Crippen molar-refractivity contribution in [1.82, 2.24) is 10.2 Å². The second-order valence-corrected chi connectivity index (χ2v) is 12.5. The summed E-state index contributed by atoms with van der Waals surface area (Å²) in [4.78, 5) is 29.2. The number of amides is 2. The molecule has 0 aliphatic heterocycles. The zero-order valence-electron chi connectivity index (χ0n) is 23.0. The normalized spacial score (nSPS) is 12.5. The molecule has 0 saturated heterocycles. The summed E-state index contributed by atoms with van der Waals surface area (Å²) in [7, 11) is -3.91. The van der Waals surface area contributed by atoms with Crippen LogP contribution in [0, 0.1) is 12.7 Å². The van der Waals surface area contributed by atoms with E-state index in [9.17, 15) is 22.4 Å². The third-order valence-electron chi connectivity index (χ3n) is 6.17. The van der Waals surface area contributed by atoms with Crippen molar-refractivity contribution in [1.29, 1.82) is 0 Å². The van der Waals surface area contributed by atoms with Crippen LogP contribution in [-0.2, 0) is 32.6 Å². The number of carbonyl (C=O) groups excluding carboxylic acids is 2. The van der Waals surface area contributed by atoms with Gasteiger partial charge in [0.1, 0.15) is 18.4 Å². The molecule has 3 aromatic carbocycles. The Morgan fingerprint density at radius 2 is 1.51 bits per heavy atom. The number of nitrogens with zero attached hydrogens (tertiary/aromatic N) is 2. The molecule has 0 aromatic heterocycles. The van der Waals surface area contributed by atoms with E-state index in [-0.39, 0.29) is 24.6 Å². The number of benzene rings is 3. The molecular formula is C30H36FN3O4S. The van der Waals surface area contributed by atoms with Gasteiger partial charge in [-0.1, -0.05) is 54.6 Å². The summed E-state index contributed by atoms with van der Waals surface area (Å²) in [6.07, 6.45) is 1.22. The van der Waals surface area contributed by atoms with Crippen LogP contribution in [0.15, 0.2) is 78.9 Å². The van der Waals surface area contributed by atoms with E-state index in [2.05, 4.69) is 5.32 Å². The van der Waals surface area contributed by atoms with Gasteiger partial charge in [0, 0.05) is 18.5 Å². The van der Waals surface area contributed by atoms with Gasteiger partial charge in [-0.2, -0.15) is 0 Å². The van der Waals surface area contributed by atoms with Crippen LogP contribution in [0.25, 0.3) is 0 Å². The second kappa shape index (κ2) is 12.4. The van der Waals surface area contributed by atoms with Crippen LogP contribution in [0.3, 0.4) is 0 Å². The topological polar surface area (TPSA) is 86.8 Å². The number of rotatable bonds is 10. The number of sulfonamides is 1. The molecule has 3 rings (SSSR count). The van der Waals surface area contributed by atoms with E-state index in [0.29, 0.717) is 0 Å². The van der Waals surface area contributed by atoms with E-state index in [1.807, 2.05) is 82.3 Å². The van der Waals surface area contributed by atoms with Gasteiger partial charge in [-0.15, -0.1) is 0 Å². The fourth-order valence-corrected chi connectivity index (χ4v) is 5.05. The zero-order valence-corrected chi connectivity index (χ0v) is 23.8. The maximum atomic E-state index is 14.0. The summed E-state index contributed by atoms with van der Waals surface area (Å²) in [6, 6.07) is 20.9. The number of aryl methyl sites for hydroxylation is 1. The standard InChI is InChI=1S/C30H36FN3O4S/c1-22-11-9-10-14-24(22)20-33(27(29(36)32-30(2,3)4)19-23-12-7-6-8-13-23)28(35)21-34(39(5,37)38)26-17-15-25(31)16-18-26/h6-18,27H,19-21H2,1-5H3,(H,32,36)/t27-/m1/s1. The monoisotopic (exact) mass is 553 g/mol. The highest BCUT2D eigenvalue weighted by atomic mass is 32.2. The summed E-state index contributed by atoms with van der Waals surface area (Å²) in [5.41, 5.74) is 2.22. The number of hydrogen-bond donors (Lipinski definition) is 1. The van der Waals surface area contributed by atoms with Crippen LogP contribution < -0.4 is 9.62 Å². The van der Waals surface area contributed by atoms with Crippen molar-refractivity contribution < 1.29 is 22.4 Å². The molecule has 208 valence electrons. The van der Waals surface area contributed by atoms with E-state index >= 15 is 0 Å². The van der Waals surface area contributed by atoms with E-state index < -0.39 is 39.9 Å². The summed E-state index contributed by atoms with van der Waals surface area (Å²) in [6.45, 7) is 7.04. The molecule has 0 radical (unpaired) electrons. The lowest BCUT2D eigenvalue weighted by atomic mass is 10.00. The fraction of sp³-hybridized carbons (Fsp3) is 0.333. The Balaban J connectivity index is 2.08. The van der Waals surface area contributed by atoms with Crippen molar-refractivity contribution in [2.75, 3.05) is 17.1 Å². The van der Waals surface area contributed by atoms with E-state index in [4.69, 9.17) is 0 Å². The lowest BCUT2D eigenvalue weighted by Crippen LogP contribution is -2.56. The first-order valence-electron chi connectivity index (χ1n) is 12.7. The Bertz CT molecular complexity index is 1390. The molecule has 0 spiro atoms. The van der Waals surface area contributed by atoms with Gasteiger partial charge in [-0.25, -0.2) is 12.8 Å². The van der Waals surface area contributed by atoms with Crippen molar-refractivity contribution in [3.63, 3.8) is 0 Å². The summed E-state index contributed by atoms with van der Waals surface area (Å²) >= 11 is 0. The molecule has 0 aliphatic rings. The molecule has 3 aromatic rings. The Morgan fingerprint density at radius 1 is 0.923 bits per heavy atom. The van der Waals surface area contributed by atoms with Crippen molar-refractivity contribution in [2.24, 2.45) is 0 Å². The van der Waals surface area contributed by atoms with Gasteiger partial charge < -0.3 is 10.2 Å². The smallest absolute Gasteiger partial charge is 0.244 e. The van der Waals surface area contributed by atoms with E-state index in [1.54, 1.807) is 0 Å². The van der Waals surface area contributed by atoms with Crippen molar-refractivity contribution >= 4 is 27.5 Å². The number of nitrogens with one attached hydrogen (secondary N) is 1. The van der Waals surface area contributed by atoms with Crippen molar-refractivity contribution in [3.8, 4) is 0 Å². The molecule has 1 atom stereocenters. The Kier molecular flexibility index (Phi) is 9.50. The highest BCUT2D eigenvalue weighted by Gasteiger charge is 2.34. The Morgan fingerprint density at radius 3 is 2.08 bits per heavy atom. The average Bonchev–Trinajstić information content (AvgIpc) is 2.85. The number of anilines is 1. The minimum Gasteiger partial charge on any atom is -0.350 e. The van der Waals surface area contributed by atoms with Gasteiger partial charge in [0.25, 0.3) is 0 Å². The van der Waals surface area contributed by atoms with Gasteiger partial charge in [0.2, 0.25) is 21.8 Å². The quantitative estimate of drug-likeness (QED) is 0.402. The molecule has 1 N–H and O–H groups in total. The van der Waals surface area contributed by atoms with Gasteiger partial charge in [-0.05, 0) is 68.7 Å². The largest absolute Gasteiger partial charge is 0.350 e. The van der Waals surface area contributed by atoms with Crippen LogP contribution in [0.1, 0.15) is 37.5 Å². The van der Waals surface area contributed by atoms with Crippen molar-refractivity contribution in [2.45, 2.75) is 52.2 Å². The first-order chi connectivity index (χ1) is 18.2. The molecule has 0 heterocycles. The molecule has 0 fully saturated rings. The molecular weight excluding hydrogens is 517 g/mol. The number of carbonyl (C=O) groups is 2. The lowest BCUT2D eigenvalue weighted by Gasteiger charge is -2.35. The Labute approximate surface area is 230 Å². The highest BCUT2D eigenvalue weighted by Crippen LogP contribution is 2.22. The maximum Gasteiger partial charge on any atom is 0.244 e. The molecule has 0 bridgehead atoms. The summed E-state index contributed by atoms with van der Waals surface area (Å²) in [5.74, 6) is -1.43. The van der Waals surface area contributed by atoms with Crippen molar-refractivity contribution in [3.05, 3.63) is 101 Å². The number of hydrogen-bond acceptors (Lipinski definition) is 4. The minimum absolute atomic E-state index is 0.0988. The first kappa shape index (κ1) is 29.8. The third-order valence-corrected chi connectivity index (χ3v) is 7.31.